The molecule has 2 aromatic heterocycles. The summed E-state index contributed by atoms with van der Waals surface area (Å²) in [6.45, 7) is 1.98. The third-order valence-corrected chi connectivity index (χ3v) is 3.31. The lowest BCUT2D eigenvalue weighted by molar-refractivity contribution is 0.692. The number of hydrogen-bond acceptors (Lipinski definition) is 4. The fourth-order valence-electron chi connectivity index (χ4n) is 1.28. The third kappa shape index (κ3) is 2.74. The van der Waals surface area contributed by atoms with Gasteiger partial charge in [-0.1, -0.05) is 11.6 Å². The molecule has 0 unspecified atom stereocenters. The maximum Gasteiger partial charge on any atom is 0.147 e. The number of thioether (sulfide) groups is 1. The quantitative estimate of drug-likeness (QED) is 0.790. The minimum atomic E-state index is 0.421. The zero-order chi connectivity index (χ0) is 11.5. The Morgan fingerprint density at radius 3 is 2.75 bits per heavy atom. The van der Waals surface area contributed by atoms with Crippen LogP contribution in [0.4, 0.5) is 0 Å². The molecule has 0 radical (unpaired) electrons. The summed E-state index contributed by atoms with van der Waals surface area (Å²) in [5.74, 6) is 0.767. The second-order valence-electron chi connectivity index (χ2n) is 3.37. The van der Waals surface area contributed by atoms with E-state index in [1.165, 1.54) is 0 Å². The molecule has 2 heterocycles. The molecule has 84 valence electrons. The smallest absolute Gasteiger partial charge is 0.147 e. The Bertz CT molecular complexity index is 480. The standard InChI is InChI=1S/C10H11ClN4S/c1-7-3-10(15(2)14-7)16-6-8-4-13-9(11)5-12-8/h3-5H,6H2,1-2H3. The molecular formula is C10H11ClN4S. The second-order valence-corrected chi connectivity index (χ2v) is 4.75. The van der Waals surface area contributed by atoms with Crippen molar-refractivity contribution in [1.82, 2.24) is 19.7 Å². The van der Waals surface area contributed by atoms with Gasteiger partial charge < -0.3 is 0 Å². The highest BCUT2D eigenvalue weighted by atomic mass is 35.5. The van der Waals surface area contributed by atoms with E-state index in [2.05, 4.69) is 15.1 Å². The topological polar surface area (TPSA) is 43.6 Å². The largest absolute Gasteiger partial charge is 0.262 e. The molecule has 0 aromatic carbocycles. The number of hydrogen-bond donors (Lipinski definition) is 0. The molecule has 2 rings (SSSR count). The Morgan fingerprint density at radius 2 is 2.19 bits per heavy atom. The van der Waals surface area contributed by atoms with E-state index >= 15 is 0 Å². The van der Waals surface area contributed by atoms with Gasteiger partial charge in [0.2, 0.25) is 0 Å². The Balaban J connectivity index is 2.02. The Morgan fingerprint density at radius 1 is 1.38 bits per heavy atom. The second kappa shape index (κ2) is 4.84. The van der Waals surface area contributed by atoms with E-state index < -0.39 is 0 Å². The fourth-order valence-corrected chi connectivity index (χ4v) is 2.31. The first-order chi connectivity index (χ1) is 7.65. The third-order valence-electron chi connectivity index (χ3n) is 2.00. The molecule has 0 aliphatic carbocycles. The average molecular weight is 255 g/mol. The molecule has 0 amide bonds. The first kappa shape index (κ1) is 11.4. The van der Waals surface area contributed by atoms with Crippen molar-refractivity contribution in [3.63, 3.8) is 0 Å². The van der Waals surface area contributed by atoms with Crippen LogP contribution in [-0.2, 0) is 12.8 Å². The highest BCUT2D eigenvalue weighted by molar-refractivity contribution is 7.98. The van der Waals surface area contributed by atoms with Gasteiger partial charge in [-0.2, -0.15) is 5.10 Å². The molecule has 0 N–H and O–H groups in total. The van der Waals surface area contributed by atoms with Crippen LogP contribution in [0.15, 0.2) is 23.5 Å². The lowest BCUT2D eigenvalue weighted by atomic mass is 10.5. The van der Waals surface area contributed by atoms with Crippen molar-refractivity contribution in [3.8, 4) is 0 Å². The molecule has 0 saturated carbocycles. The maximum absolute atomic E-state index is 5.66. The maximum atomic E-state index is 5.66. The van der Waals surface area contributed by atoms with E-state index in [-0.39, 0.29) is 0 Å². The van der Waals surface area contributed by atoms with E-state index in [1.807, 2.05) is 24.7 Å². The van der Waals surface area contributed by atoms with Gasteiger partial charge in [0.05, 0.1) is 28.8 Å². The molecule has 0 fully saturated rings. The van der Waals surface area contributed by atoms with Gasteiger partial charge in [0.25, 0.3) is 0 Å². The van der Waals surface area contributed by atoms with Crippen LogP contribution in [0.1, 0.15) is 11.4 Å². The Hall–Kier alpha value is -1.07. The molecule has 0 bridgehead atoms. The number of nitrogens with zero attached hydrogens (tertiary/aromatic N) is 4. The van der Waals surface area contributed by atoms with Crippen LogP contribution < -0.4 is 0 Å². The highest BCUT2D eigenvalue weighted by Crippen LogP contribution is 2.21. The van der Waals surface area contributed by atoms with Crippen molar-refractivity contribution in [2.75, 3.05) is 0 Å². The first-order valence-electron chi connectivity index (χ1n) is 4.75. The van der Waals surface area contributed by atoms with Gasteiger partial charge in [-0.25, -0.2) is 4.98 Å². The number of halogens is 1. The summed E-state index contributed by atoms with van der Waals surface area (Å²) in [6.07, 6.45) is 3.25. The van der Waals surface area contributed by atoms with Gasteiger partial charge in [-0.3, -0.25) is 9.67 Å². The summed E-state index contributed by atoms with van der Waals surface area (Å²) < 4.78 is 1.86. The van der Waals surface area contributed by atoms with Crippen molar-refractivity contribution >= 4 is 23.4 Å². The van der Waals surface area contributed by atoms with E-state index in [9.17, 15) is 0 Å². The van der Waals surface area contributed by atoms with Crippen LogP contribution in [0.2, 0.25) is 5.15 Å². The predicted molar refractivity (Wildman–Crippen MR) is 64.5 cm³/mol. The van der Waals surface area contributed by atoms with Crippen LogP contribution in [-0.4, -0.2) is 19.7 Å². The molecular weight excluding hydrogens is 244 g/mol. The summed E-state index contributed by atoms with van der Waals surface area (Å²) >= 11 is 7.34. The van der Waals surface area contributed by atoms with Gasteiger partial charge >= 0.3 is 0 Å². The van der Waals surface area contributed by atoms with Crippen molar-refractivity contribution in [1.29, 1.82) is 0 Å². The van der Waals surface area contributed by atoms with E-state index in [0.717, 1.165) is 22.2 Å². The van der Waals surface area contributed by atoms with Crippen molar-refractivity contribution < 1.29 is 0 Å². The van der Waals surface area contributed by atoms with Crippen molar-refractivity contribution in [2.24, 2.45) is 7.05 Å². The minimum Gasteiger partial charge on any atom is -0.262 e. The average Bonchev–Trinajstić information content (AvgIpc) is 2.57. The molecule has 0 atom stereocenters. The summed E-state index contributed by atoms with van der Waals surface area (Å²) in [5.41, 5.74) is 1.93. The van der Waals surface area contributed by atoms with Gasteiger partial charge in [0.1, 0.15) is 5.15 Å². The zero-order valence-electron chi connectivity index (χ0n) is 9.01. The van der Waals surface area contributed by atoms with Crippen molar-refractivity contribution in [3.05, 3.63) is 35.0 Å². The van der Waals surface area contributed by atoms with Crippen LogP contribution in [0.25, 0.3) is 0 Å². The molecule has 6 heteroatoms. The molecule has 0 aliphatic heterocycles. The first-order valence-corrected chi connectivity index (χ1v) is 6.11. The van der Waals surface area contributed by atoms with Gasteiger partial charge in [-0.15, -0.1) is 11.8 Å². The van der Waals surface area contributed by atoms with E-state index in [4.69, 9.17) is 11.6 Å². The highest BCUT2D eigenvalue weighted by Gasteiger charge is 2.04. The lowest BCUT2D eigenvalue weighted by Gasteiger charge is -2.00. The van der Waals surface area contributed by atoms with Crippen LogP contribution in [0.3, 0.4) is 0 Å². The monoisotopic (exact) mass is 254 g/mol. The Labute approximate surface area is 103 Å². The van der Waals surface area contributed by atoms with Crippen molar-refractivity contribution in [2.45, 2.75) is 17.7 Å². The summed E-state index contributed by atoms with van der Waals surface area (Å²) in [5, 5.41) is 5.82. The van der Waals surface area contributed by atoms with E-state index in [0.29, 0.717) is 5.15 Å². The molecule has 0 saturated heterocycles. The van der Waals surface area contributed by atoms with E-state index in [1.54, 1.807) is 24.2 Å². The number of aromatic nitrogens is 4. The van der Waals surface area contributed by atoms with Crippen LogP contribution in [0, 0.1) is 6.92 Å². The molecule has 0 spiro atoms. The molecule has 16 heavy (non-hydrogen) atoms. The number of rotatable bonds is 3. The molecule has 0 aliphatic rings. The Kier molecular flexibility index (Phi) is 3.46. The summed E-state index contributed by atoms with van der Waals surface area (Å²) in [7, 11) is 1.93. The SMILES string of the molecule is Cc1cc(SCc2cnc(Cl)cn2)n(C)n1. The summed E-state index contributed by atoms with van der Waals surface area (Å²) in [6, 6.07) is 2.05. The predicted octanol–water partition coefficient (Wildman–Crippen LogP) is 2.46. The van der Waals surface area contributed by atoms with Crippen LogP contribution >= 0.6 is 23.4 Å². The lowest BCUT2D eigenvalue weighted by Crippen LogP contribution is -1.94. The van der Waals surface area contributed by atoms with Gasteiger partial charge in [0, 0.05) is 12.8 Å². The fraction of sp³-hybridized carbons (Fsp3) is 0.300. The molecule has 2 aromatic rings. The van der Waals surface area contributed by atoms with Crippen LogP contribution in [0.5, 0.6) is 0 Å². The molecule has 4 nitrogen and oxygen atoms in total. The number of aryl methyl sites for hydroxylation is 2. The normalized spacial score (nSPS) is 10.7. The van der Waals surface area contributed by atoms with Gasteiger partial charge in [-0.05, 0) is 13.0 Å². The summed E-state index contributed by atoms with van der Waals surface area (Å²) in [4.78, 5) is 8.17. The zero-order valence-corrected chi connectivity index (χ0v) is 10.6. The van der Waals surface area contributed by atoms with Gasteiger partial charge in [0.15, 0.2) is 0 Å². The minimum absolute atomic E-state index is 0.421.